The Kier molecular flexibility index (Phi) is 4.91. The zero-order valence-corrected chi connectivity index (χ0v) is 14.6. The topological polar surface area (TPSA) is 82.1 Å². The number of nitriles is 1. The number of anilines is 1. The third kappa shape index (κ3) is 3.75. The maximum atomic E-state index is 8.96. The van der Waals surface area contributed by atoms with Crippen molar-refractivity contribution >= 4 is 16.9 Å². The summed E-state index contributed by atoms with van der Waals surface area (Å²) < 4.78 is 5.27. The van der Waals surface area contributed by atoms with Gasteiger partial charge in [0, 0.05) is 19.6 Å². The maximum Gasteiger partial charge on any atom is 0.263 e. The number of hydrogen-bond donors (Lipinski definition) is 0. The van der Waals surface area contributed by atoms with Crippen molar-refractivity contribution in [2.75, 3.05) is 32.1 Å². The molecule has 0 aliphatic rings. The first-order valence-electron chi connectivity index (χ1n) is 8.04. The summed E-state index contributed by atoms with van der Waals surface area (Å²) in [5.74, 6) is 0.815. The van der Waals surface area contributed by atoms with Crippen molar-refractivity contribution in [2.24, 2.45) is 0 Å². The molecular formula is C18H20N6O. The van der Waals surface area contributed by atoms with E-state index < -0.39 is 0 Å². The normalized spacial score (nSPS) is 11.0. The molecule has 25 heavy (non-hydrogen) atoms. The lowest BCUT2D eigenvalue weighted by atomic mass is 10.1. The van der Waals surface area contributed by atoms with Crippen molar-refractivity contribution in [1.29, 1.82) is 5.26 Å². The molecule has 0 radical (unpaired) electrons. The number of likely N-dealkylation sites (N-methyl/N-ethyl adjacent to an activating group) is 1. The summed E-state index contributed by atoms with van der Waals surface area (Å²) in [6.07, 6.45) is 1.50. The first-order chi connectivity index (χ1) is 12.1. The van der Waals surface area contributed by atoms with Gasteiger partial charge in [-0.1, -0.05) is 17.3 Å². The summed E-state index contributed by atoms with van der Waals surface area (Å²) in [4.78, 5) is 13.0. The molecule has 0 N–H and O–H groups in total. The number of aromatic nitrogens is 3. The quantitative estimate of drug-likeness (QED) is 0.683. The van der Waals surface area contributed by atoms with Crippen LogP contribution in [0, 0.1) is 18.3 Å². The van der Waals surface area contributed by atoms with E-state index in [9.17, 15) is 0 Å². The molecule has 7 heteroatoms. The van der Waals surface area contributed by atoms with Gasteiger partial charge in [0.25, 0.3) is 5.71 Å². The van der Waals surface area contributed by atoms with Crippen LogP contribution in [0.3, 0.4) is 0 Å². The highest BCUT2D eigenvalue weighted by Gasteiger charge is 2.18. The number of hydrogen-bond acceptors (Lipinski definition) is 7. The van der Waals surface area contributed by atoms with E-state index in [0.29, 0.717) is 17.8 Å². The lowest BCUT2D eigenvalue weighted by Gasteiger charge is -2.26. The summed E-state index contributed by atoms with van der Waals surface area (Å²) in [5.41, 5.74) is 3.04. The van der Waals surface area contributed by atoms with Gasteiger partial charge in [-0.05, 0) is 38.7 Å². The van der Waals surface area contributed by atoms with Gasteiger partial charge < -0.3 is 14.3 Å². The Labute approximate surface area is 146 Å². The molecule has 0 amide bonds. The average molecular weight is 336 g/mol. The molecule has 0 atom stereocenters. The van der Waals surface area contributed by atoms with Crippen LogP contribution in [0.15, 0.2) is 35.1 Å². The molecule has 3 rings (SSSR count). The van der Waals surface area contributed by atoms with E-state index in [4.69, 9.17) is 9.78 Å². The summed E-state index contributed by atoms with van der Waals surface area (Å²) in [5, 5.41) is 13.8. The Morgan fingerprint density at radius 3 is 2.56 bits per heavy atom. The van der Waals surface area contributed by atoms with Gasteiger partial charge in [0.2, 0.25) is 0 Å². The Morgan fingerprint density at radius 2 is 1.88 bits per heavy atom. The minimum atomic E-state index is 0.497. The van der Waals surface area contributed by atoms with E-state index in [2.05, 4.69) is 31.0 Å². The summed E-state index contributed by atoms with van der Waals surface area (Å²) >= 11 is 0. The van der Waals surface area contributed by atoms with Crippen molar-refractivity contribution in [3.8, 4) is 6.07 Å². The highest BCUT2D eigenvalue weighted by atomic mass is 16.5. The molecule has 1 aromatic carbocycles. The fourth-order valence-electron chi connectivity index (χ4n) is 2.63. The molecule has 7 nitrogen and oxygen atoms in total. The number of aryl methyl sites for hydroxylation is 1. The number of nitrogens with zero attached hydrogens (tertiary/aromatic N) is 6. The Bertz CT molecular complexity index is 894. The van der Waals surface area contributed by atoms with Crippen molar-refractivity contribution in [2.45, 2.75) is 13.5 Å². The van der Waals surface area contributed by atoms with E-state index in [0.717, 1.165) is 35.6 Å². The SMILES string of the molecule is Cc1noc2ncnc(N(CCN(C)C)Cc3ccc(C#N)cc3)c12. The summed E-state index contributed by atoms with van der Waals surface area (Å²) in [6, 6.07) is 9.76. The fourth-order valence-corrected chi connectivity index (χ4v) is 2.63. The van der Waals surface area contributed by atoms with E-state index in [-0.39, 0.29) is 0 Å². The fraction of sp³-hybridized carbons (Fsp3) is 0.333. The molecule has 128 valence electrons. The van der Waals surface area contributed by atoms with Gasteiger partial charge in [0.15, 0.2) is 0 Å². The Balaban J connectivity index is 1.95. The van der Waals surface area contributed by atoms with Gasteiger partial charge in [-0.2, -0.15) is 10.2 Å². The molecule has 0 aliphatic heterocycles. The zero-order chi connectivity index (χ0) is 17.8. The second kappa shape index (κ2) is 7.28. The first kappa shape index (κ1) is 16.9. The molecule has 0 saturated carbocycles. The smallest absolute Gasteiger partial charge is 0.263 e. The second-order valence-electron chi connectivity index (χ2n) is 6.18. The third-order valence-electron chi connectivity index (χ3n) is 4.00. The van der Waals surface area contributed by atoms with Crippen LogP contribution in [0.5, 0.6) is 0 Å². The number of benzene rings is 1. The van der Waals surface area contributed by atoms with Crippen molar-refractivity contribution < 1.29 is 4.52 Å². The minimum absolute atomic E-state index is 0.497. The van der Waals surface area contributed by atoms with Crippen LogP contribution in [0.2, 0.25) is 0 Å². The van der Waals surface area contributed by atoms with Gasteiger partial charge in [-0.25, -0.2) is 4.98 Å². The Morgan fingerprint density at radius 1 is 1.12 bits per heavy atom. The summed E-state index contributed by atoms with van der Waals surface area (Å²) in [7, 11) is 4.08. The molecule has 0 fully saturated rings. The Hall–Kier alpha value is -2.98. The van der Waals surface area contributed by atoms with Gasteiger partial charge in [-0.3, -0.25) is 0 Å². The molecule has 0 saturated heterocycles. The monoisotopic (exact) mass is 336 g/mol. The molecule has 0 spiro atoms. The standard InChI is InChI=1S/C18H20N6O/c1-13-16-17(20-12-21-18(16)25-22-13)24(9-8-23(2)3)11-15-6-4-14(10-19)5-7-15/h4-7,12H,8-9,11H2,1-3H3. The number of fused-ring (bicyclic) bond motifs is 1. The molecule has 0 unspecified atom stereocenters. The molecule has 0 bridgehead atoms. The summed E-state index contributed by atoms with van der Waals surface area (Å²) in [6.45, 7) is 4.25. The minimum Gasteiger partial charge on any atom is -0.350 e. The lowest BCUT2D eigenvalue weighted by molar-refractivity contribution is 0.412. The number of rotatable bonds is 6. The van der Waals surface area contributed by atoms with Crippen LogP contribution in [0.1, 0.15) is 16.8 Å². The molecule has 3 aromatic rings. The third-order valence-corrected chi connectivity index (χ3v) is 4.00. The van der Waals surface area contributed by atoms with Gasteiger partial charge in [0.05, 0.1) is 17.3 Å². The van der Waals surface area contributed by atoms with E-state index in [1.54, 1.807) is 0 Å². The zero-order valence-electron chi connectivity index (χ0n) is 14.6. The average Bonchev–Trinajstić information content (AvgIpc) is 3.00. The predicted octanol–water partition coefficient (Wildman–Crippen LogP) is 2.37. The second-order valence-corrected chi connectivity index (χ2v) is 6.18. The van der Waals surface area contributed by atoms with Crippen LogP contribution in [0.4, 0.5) is 5.82 Å². The van der Waals surface area contributed by atoms with Crippen LogP contribution < -0.4 is 4.90 Å². The maximum absolute atomic E-state index is 8.96. The molecular weight excluding hydrogens is 316 g/mol. The van der Waals surface area contributed by atoms with Gasteiger partial charge in [-0.15, -0.1) is 0 Å². The van der Waals surface area contributed by atoms with Crippen molar-refractivity contribution in [3.63, 3.8) is 0 Å². The molecule has 0 aliphatic carbocycles. The van der Waals surface area contributed by atoms with E-state index >= 15 is 0 Å². The van der Waals surface area contributed by atoms with Crippen LogP contribution in [-0.4, -0.2) is 47.2 Å². The van der Waals surface area contributed by atoms with Crippen LogP contribution in [0.25, 0.3) is 11.1 Å². The largest absolute Gasteiger partial charge is 0.350 e. The van der Waals surface area contributed by atoms with Gasteiger partial charge in [0.1, 0.15) is 17.5 Å². The van der Waals surface area contributed by atoms with E-state index in [1.807, 2.05) is 45.3 Å². The van der Waals surface area contributed by atoms with Gasteiger partial charge >= 0.3 is 0 Å². The highest BCUT2D eigenvalue weighted by Crippen LogP contribution is 2.27. The lowest BCUT2D eigenvalue weighted by Crippen LogP contribution is -2.32. The molecule has 2 heterocycles. The van der Waals surface area contributed by atoms with Crippen LogP contribution >= 0.6 is 0 Å². The molecule has 2 aromatic heterocycles. The van der Waals surface area contributed by atoms with E-state index in [1.165, 1.54) is 6.33 Å². The van der Waals surface area contributed by atoms with Crippen LogP contribution in [-0.2, 0) is 6.54 Å². The highest BCUT2D eigenvalue weighted by molar-refractivity contribution is 5.87. The van der Waals surface area contributed by atoms with Crippen molar-refractivity contribution in [1.82, 2.24) is 20.0 Å². The van der Waals surface area contributed by atoms with Crippen molar-refractivity contribution in [3.05, 3.63) is 47.4 Å². The first-order valence-corrected chi connectivity index (χ1v) is 8.04. The predicted molar refractivity (Wildman–Crippen MR) is 95.1 cm³/mol.